The molecule has 27 heavy (non-hydrogen) atoms. The quantitative estimate of drug-likeness (QED) is 0.293. The number of hydrogen-bond acceptors (Lipinski definition) is 7. The number of hydrazone groups is 1. The first kappa shape index (κ1) is 18.3. The van der Waals surface area contributed by atoms with Gasteiger partial charge in [0.05, 0.1) is 22.4 Å². The van der Waals surface area contributed by atoms with Crippen LogP contribution in [0, 0.1) is 10.1 Å². The van der Waals surface area contributed by atoms with Crippen molar-refractivity contribution >= 4 is 40.5 Å². The lowest BCUT2D eigenvalue weighted by molar-refractivity contribution is -0.384. The monoisotopic (exact) mass is 382 g/mol. The number of nitro benzene ring substituents is 1. The summed E-state index contributed by atoms with van der Waals surface area (Å²) in [4.78, 5) is 27.4. The summed E-state index contributed by atoms with van der Waals surface area (Å²) in [5.41, 5.74) is 3.11. The molecule has 2 N–H and O–H groups in total. The van der Waals surface area contributed by atoms with E-state index >= 15 is 0 Å². The fourth-order valence-corrected chi connectivity index (χ4v) is 3.13. The molecule has 3 rings (SSSR count). The molecule has 1 heterocycles. The highest BCUT2D eigenvalue weighted by Crippen LogP contribution is 2.26. The predicted octanol–water partition coefficient (Wildman–Crippen LogP) is 3.09. The molecule has 136 valence electrons. The van der Waals surface area contributed by atoms with E-state index in [1.165, 1.54) is 30.0 Å². The average Bonchev–Trinajstić information content (AvgIpc) is 2.67. The molecule has 1 aromatic heterocycles. The van der Waals surface area contributed by atoms with Crippen LogP contribution in [0.3, 0.4) is 0 Å². The minimum Gasteiger partial charge on any atom is -0.507 e. The lowest BCUT2D eigenvalue weighted by Crippen LogP contribution is -2.19. The van der Waals surface area contributed by atoms with E-state index in [1.54, 1.807) is 6.20 Å². The number of aromatic nitrogens is 1. The van der Waals surface area contributed by atoms with Crippen LogP contribution >= 0.6 is 11.8 Å². The van der Waals surface area contributed by atoms with Gasteiger partial charge in [-0.2, -0.15) is 5.10 Å². The number of carbonyl (C=O) groups excluding carboxylic acids is 1. The second-order valence-corrected chi connectivity index (χ2v) is 6.43. The van der Waals surface area contributed by atoms with Gasteiger partial charge in [0.25, 0.3) is 5.69 Å². The van der Waals surface area contributed by atoms with Gasteiger partial charge >= 0.3 is 0 Å². The zero-order valence-corrected chi connectivity index (χ0v) is 14.7. The Kier molecular flexibility index (Phi) is 5.62. The third kappa shape index (κ3) is 4.59. The number of non-ortho nitro benzene ring substituents is 1. The molecule has 0 radical (unpaired) electrons. The zero-order chi connectivity index (χ0) is 19.2. The molecule has 0 bridgehead atoms. The fraction of sp³-hybridized carbons (Fsp3) is 0.0556. The number of aromatic hydroxyl groups is 1. The van der Waals surface area contributed by atoms with Crippen molar-refractivity contribution in [2.24, 2.45) is 5.10 Å². The minimum atomic E-state index is -0.579. The molecule has 0 spiro atoms. The number of thioether (sulfide) groups is 1. The van der Waals surface area contributed by atoms with Gasteiger partial charge in [0.15, 0.2) is 0 Å². The highest BCUT2D eigenvalue weighted by Gasteiger charge is 2.09. The largest absolute Gasteiger partial charge is 0.507 e. The van der Waals surface area contributed by atoms with Gasteiger partial charge in [-0.1, -0.05) is 18.2 Å². The Balaban J connectivity index is 1.61. The molecular formula is C18H14N4O4S. The molecule has 0 saturated carbocycles. The first-order chi connectivity index (χ1) is 13.0. The second-order valence-electron chi connectivity index (χ2n) is 5.41. The van der Waals surface area contributed by atoms with E-state index in [9.17, 15) is 20.0 Å². The SMILES string of the molecule is O=C(CSc1cccc2cccnc12)N/N=C/c1cc([N+](=O)[O-])ccc1O. The molecule has 9 heteroatoms. The van der Waals surface area contributed by atoms with Crippen molar-refractivity contribution in [1.29, 1.82) is 0 Å². The van der Waals surface area contributed by atoms with Crippen LogP contribution in [0.25, 0.3) is 10.9 Å². The van der Waals surface area contributed by atoms with Gasteiger partial charge in [0, 0.05) is 34.2 Å². The first-order valence-electron chi connectivity index (χ1n) is 7.80. The van der Waals surface area contributed by atoms with Crippen LogP contribution in [0.4, 0.5) is 5.69 Å². The summed E-state index contributed by atoms with van der Waals surface area (Å²) in [6, 6.07) is 13.1. The number of fused-ring (bicyclic) bond motifs is 1. The summed E-state index contributed by atoms with van der Waals surface area (Å²) in [5.74, 6) is -0.405. The number of nitro groups is 1. The number of phenols is 1. The van der Waals surface area contributed by atoms with Crippen LogP contribution in [-0.4, -0.2) is 32.9 Å². The molecule has 1 amide bonds. The number of benzene rings is 2. The number of rotatable bonds is 6. The van der Waals surface area contributed by atoms with E-state index in [1.807, 2.05) is 30.3 Å². The summed E-state index contributed by atoms with van der Waals surface area (Å²) >= 11 is 1.33. The Bertz CT molecular complexity index is 1030. The Morgan fingerprint density at radius 2 is 2.11 bits per heavy atom. The Hall–Kier alpha value is -3.46. The van der Waals surface area contributed by atoms with E-state index < -0.39 is 4.92 Å². The molecule has 0 saturated heterocycles. The molecule has 3 aromatic rings. The first-order valence-corrected chi connectivity index (χ1v) is 8.79. The van der Waals surface area contributed by atoms with Gasteiger partial charge < -0.3 is 5.11 Å². The van der Waals surface area contributed by atoms with Crippen LogP contribution < -0.4 is 5.43 Å². The normalized spacial score (nSPS) is 11.0. The third-order valence-electron chi connectivity index (χ3n) is 3.57. The number of nitrogens with one attached hydrogen (secondary N) is 1. The van der Waals surface area contributed by atoms with E-state index in [0.29, 0.717) is 0 Å². The lowest BCUT2D eigenvalue weighted by Gasteiger charge is -2.04. The van der Waals surface area contributed by atoms with E-state index in [2.05, 4.69) is 15.5 Å². The smallest absolute Gasteiger partial charge is 0.270 e. The molecule has 0 atom stereocenters. The minimum absolute atomic E-state index is 0.119. The van der Waals surface area contributed by atoms with Gasteiger partial charge in [0.2, 0.25) is 5.91 Å². The van der Waals surface area contributed by atoms with E-state index in [0.717, 1.165) is 22.0 Å². The molecule has 0 aliphatic rings. The second kappa shape index (κ2) is 8.28. The number of hydrogen-bond donors (Lipinski definition) is 2. The van der Waals surface area contributed by atoms with Crippen molar-refractivity contribution in [3.05, 3.63) is 70.4 Å². The van der Waals surface area contributed by atoms with Crippen LogP contribution in [0.2, 0.25) is 0 Å². The molecule has 0 aliphatic carbocycles. The standard InChI is InChI=1S/C18H14N4O4S/c23-15-7-6-14(22(25)26)9-13(15)10-20-21-17(24)11-27-16-5-1-3-12-4-2-8-19-18(12)16/h1-10,23H,11H2,(H,21,24)/b20-10+. The summed E-state index contributed by atoms with van der Waals surface area (Å²) in [5, 5.41) is 25.2. The highest BCUT2D eigenvalue weighted by atomic mass is 32.2. The average molecular weight is 382 g/mol. The zero-order valence-electron chi connectivity index (χ0n) is 13.9. The number of para-hydroxylation sites is 1. The summed E-state index contributed by atoms with van der Waals surface area (Å²) in [6.07, 6.45) is 2.85. The molecule has 0 fully saturated rings. The number of phenolic OH excluding ortho intramolecular Hbond substituents is 1. The summed E-state index contributed by atoms with van der Waals surface area (Å²) < 4.78 is 0. The van der Waals surface area contributed by atoms with Crippen molar-refractivity contribution in [2.45, 2.75) is 4.90 Å². The van der Waals surface area contributed by atoms with Crippen molar-refractivity contribution in [3.8, 4) is 5.75 Å². The molecular weight excluding hydrogens is 368 g/mol. The number of pyridine rings is 1. The van der Waals surface area contributed by atoms with Gasteiger partial charge in [0.1, 0.15) is 5.75 Å². The van der Waals surface area contributed by atoms with Gasteiger partial charge in [-0.15, -0.1) is 11.8 Å². The van der Waals surface area contributed by atoms with Gasteiger partial charge in [-0.05, 0) is 18.2 Å². The predicted molar refractivity (Wildman–Crippen MR) is 103 cm³/mol. The number of carbonyl (C=O) groups is 1. The third-order valence-corrected chi connectivity index (χ3v) is 4.62. The summed E-state index contributed by atoms with van der Waals surface area (Å²) in [7, 11) is 0. The van der Waals surface area contributed by atoms with Crippen molar-refractivity contribution < 1.29 is 14.8 Å². The lowest BCUT2D eigenvalue weighted by atomic mass is 10.2. The Labute approximate surface area is 158 Å². The van der Waals surface area contributed by atoms with Crippen molar-refractivity contribution in [1.82, 2.24) is 10.4 Å². The van der Waals surface area contributed by atoms with Crippen molar-refractivity contribution in [2.75, 3.05) is 5.75 Å². The molecule has 0 unspecified atom stereocenters. The highest BCUT2D eigenvalue weighted by molar-refractivity contribution is 8.00. The van der Waals surface area contributed by atoms with Crippen LogP contribution in [0.1, 0.15) is 5.56 Å². The van der Waals surface area contributed by atoms with Gasteiger partial charge in [-0.25, -0.2) is 5.43 Å². The maximum Gasteiger partial charge on any atom is 0.270 e. The Morgan fingerprint density at radius 1 is 1.30 bits per heavy atom. The summed E-state index contributed by atoms with van der Waals surface area (Å²) in [6.45, 7) is 0. The van der Waals surface area contributed by atoms with Crippen LogP contribution in [-0.2, 0) is 4.79 Å². The van der Waals surface area contributed by atoms with Crippen LogP contribution in [0.15, 0.2) is 64.7 Å². The maximum atomic E-state index is 12.0. The topological polar surface area (TPSA) is 118 Å². The molecule has 8 nitrogen and oxygen atoms in total. The number of amides is 1. The van der Waals surface area contributed by atoms with Gasteiger partial charge in [-0.3, -0.25) is 19.9 Å². The fourth-order valence-electron chi connectivity index (χ4n) is 2.30. The van der Waals surface area contributed by atoms with E-state index in [-0.39, 0.29) is 28.7 Å². The van der Waals surface area contributed by atoms with Crippen LogP contribution in [0.5, 0.6) is 5.75 Å². The Morgan fingerprint density at radius 3 is 2.93 bits per heavy atom. The van der Waals surface area contributed by atoms with Crippen molar-refractivity contribution in [3.63, 3.8) is 0 Å². The molecule has 0 aliphatic heterocycles. The molecule has 2 aromatic carbocycles. The maximum absolute atomic E-state index is 12.0. The number of nitrogens with zero attached hydrogens (tertiary/aromatic N) is 3. The van der Waals surface area contributed by atoms with E-state index in [4.69, 9.17) is 0 Å².